The van der Waals surface area contributed by atoms with Gasteiger partial charge in [-0.3, -0.25) is 9.89 Å². The molecule has 7 heteroatoms. The zero-order valence-electron chi connectivity index (χ0n) is 16.5. The molecule has 6 nitrogen and oxygen atoms in total. The number of aryl methyl sites for hydroxylation is 1. The average Bonchev–Trinajstić information content (AvgIpc) is 3.44. The van der Waals surface area contributed by atoms with Crippen molar-refractivity contribution in [3.8, 4) is 22.5 Å². The van der Waals surface area contributed by atoms with Crippen molar-refractivity contribution in [2.24, 2.45) is 0 Å². The van der Waals surface area contributed by atoms with Gasteiger partial charge in [0.2, 0.25) is 0 Å². The molecule has 30 heavy (non-hydrogen) atoms. The Kier molecular flexibility index (Phi) is 6.09. The zero-order chi connectivity index (χ0) is 20.9. The molecule has 0 spiro atoms. The van der Waals surface area contributed by atoms with E-state index in [9.17, 15) is 4.79 Å². The Morgan fingerprint density at radius 3 is 2.53 bits per heavy atom. The number of halogens is 1. The number of aromatic amines is 1. The number of aromatic nitrogens is 3. The van der Waals surface area contributed by atoms with E-state index in [1.54, 1.807) is 18.0 Å². The first-order valence-corrected chi connectivity index (χ1v) is 10.5. The number of hydrogen-bond acceptors (Lipinski definition) is 4. The van der Waals surface area contributed by atoms with E-state index in [1.165, 1.54) is 0 Å². The summed E-state index contributed by atoms with van der Waals surface area (Å²) in [7, 11) is 1.79. The number of rotatable bonds is 7. The fourth-order valence-electron chi connectivity index (χ4n) is 3.17. The van der Waals surface area contributed by atoms with Crippen molar-refractivity contribution < 1.29 is 9.32 Å². The molecule has 1 N–H and O–H groups in total. The summed E-state index contributed by atoms with van der Waals surface area (Å²) in [6.07, 6.45) is 1.49. The van der Waals surface area contributed by atoms with Gasteiger partial charge < -0.3 is 9.42 Å². The smallest absolute Gasteiger partial charge is 0.271 e. The van der Waals surface area contributed by atoms with E-state index in [2.05, 4.69) is 31.3 Å². The largest absolute Gasteiger partial charge is 0.361 e. The second kappa shape index (κ2) is 9.09. The summed E-state index contributed by atoms with van der Waals surface area (Å²) in [6.45, 7) is 0.604. The van der Waals surface area contributed by atoms with Crippen molar-refractivity contribution in [1.82, 2.24) is 20.3 Å². The molecule has 0 saturated heterocycles. The fourth-order valence-corrected chi connectivity index (χ4v) is 3.44. The van der Waals surface area contributed by atoms with Crippen LogP contribution < -0.4 is 0 Å². The van der Waals surface area contributed by atoms with Crippen LogP contribution in [0.25, 0.3) is 22.5 Å². The topological polar surface area (TPSA) is 75.0 Å². The van der Waals surface area contributed by atoms with Gasteiger partial charge in [0.15, 0.2) is 0 Å². The molecule has 0 saturated carbocycles. The monoisotopic (exact) mass is 464 g/mol. The standard InChI is InChI=1S/C23H21BrN4O2/c1-28(13-5-8-19-14-21(27-30-19)16-6-3-2-4-7-16)23(29)22-15-20(25-26-22)17-9-11-18(24)12-10-17/h2-4,6-7,9-12,14-15H,5,8,13H2,1H3,(H,25,26). The summed E-state index contributed by atoms with van der Waals surface area (Å²) in [5.74, 6) is 0.724. The average molecular weight is 465 g/mol. The van der Waals surface area contributed by atoms with E-state index >= 15 is 0 Å². The second-order valence-corrected chi connectivity index (χ2v) is 7.96. The Morgan fingerprint density at radius 1 is 1.03 bits per heavy atom. The van der Waals surface area contributed by atoms with Crippen molar-refractivity contribution >= 4 is 21.8 Å². The van der Waals surface area contributed by atoms with E-state index in [1.807, 2.05) is 60.7 Å². The van der Waals surface area contributed by atoms with Crippen LogP contribution in [0.3, 0.4) is 0 Å². The minimum absolute atomic E-state index is 0.0894. The van der Waals surface area contributed by atoms with Crippen LogP contribution in [-0.4, -0.2) is 39.8 Å². The maximum absolute atomic E-state index is 12.7. The highest BCUT2D eigenvalue weighted by atomic mass is 79.9. The first kappa shape index (κ1) is 20.1. The highest BCUT2D eigenvalue weighted by Crippen LogP contribution is 2.21. The minimum Gasteiger partial charge on any atom is -0.361 e. The van der Waals surface area contributed by atoms with Gasteiger partial charge in [-0.2, -0.15) is 5.10 Å². The molecule has 2 heterocycles. The van der Waals surface area contributed by atoms with Crippen molar-refractivity contribution in [3.63, 3.8) is 0 Å². The lowest BCUT2D eigenvalue weighted by Gasteiger charge is -2.15. The molecule has 0 aliphatic rings. The molecular weight excluding hydrogens is 444 g/mol. The maximum atomic E-state index is 12.7. The lowest BCUT2D eigenvalue weighted by molar-refractivity contribution is 0.0787. The summed E-state index contributed by atoms with van der Waals surface area (Å²) in [5, 5.41) is 11.2. The summed E-state index contributed by atoms with van der Waals surface area (Å²) >= 11 is 3.42. The number of nitrogens with zero attached hydrogens (tertiary/aromatic N) is 3. The quantitative estimate of drug-likeness (QED) is 0.407. The number of benzene rings is 2. The SMILES string of the molecule is CN(CCCc1cc(-c2ccccc2)no1)C(=O)c1cc(-c2ccc(Br)cc2)n[nH]1. The summed E-state index contributed by atoms with van der Waals surface area (Å²) < 4.78 is 6.43. The molecule has 0 fully saturated rings. The Labute approximate surface area is 183 Å². The summed E-state index contributed by atoms with van der Waals surface area (Å²) in [5.41, 5.74) is 4.03. The van der Waals surface area contributed by atoms with Crippen molar-refractivity contribution in [2.45, 2.75) is 12.8 Å². The Hall–Kier alpha value is -3.19. The van der Waals surface area contributed by atoms with Crippen LogP contribution in [0.15, 0.2) is 75.7 Å². The highest BCUT2D eigenvalue weighted by Gasteiger charge is 2.16. The number of hydrogen-bond donors (Lipinski definition) is 1. The van der Waals surface area contributed by atoms with Gasteiger partial charge in [0.1, 0.15) is 17.1 Å². The van der Waals surface area contributed by atoms with Crippen LogP contribution in [0.1, 0.15) is 22.7 Å². The van der Waals surface area contributed by atoms with E-state index in [-0.39, 0.29) is 5.91 Å². The number of nitrogens with one attached hydrogen (secondary N) is 1. The first-order valence-electron chi connectivity index (χ1n) is 9.68. The van der Waals surface area contributed by atoms with Gasteiger partial charge in [-0.15, -0.1) is 0 Å². The van der Waals surface area contributed by atoms with Crippen LogP contribution in [0.5, 0.6) is 0 Å². The van der Waals surface area contributed by atoms with Gasteiger partial charge in [0.05, 0.1) is 5.69 Å². The Morgan fingerprint density at radius 2 is 1.77 bits per heavy atom. The van der Waals surface area contributed by atoms with Gasteiger partial charge in [0, 0.05) is 41.7 Å². The molecule has 2 aromatic carbocycles. The zero-order valence-corrected chi connectivity index (χ0v) is 18.1. The summed E-state index contributed by atoms with van der Waals surface area (Å²) in [6, 6.07) is 21.5. The van der Waals surface area contributed by atoms with E-state index in [0.717, 1.165) is 39.2 Å². The van der Waals surface area contributed by atoms with Crippen LogP contribution in [0, 0.1) is 0 Å². The normalized spacial score (nSPS) is 10.9. The number of carbonyl (C=O) groups excluding carboxylic acids is 1. The molecule has 4 aromatic rings. The molecule has 2 aromatic heterocycles. The number of H-pyrrole nitrogens is 1. The molecule has 152 valence electrons. The van der Waals surface area contributed by atoms with Crippen molar-refractivity contribution in [3.05, 3.63) is 82.7 Å². The lowest BCUT2D eigenvalue weighted by Crippen LogP contribution is -2.28. The molecular formula is C23H21BrN4O2. The molecule has 0 aliphatic carbocycles. The van der Waals surface area contributed by atoms with Crippen LogP contribution in [0.2, 0.25) is 0 Å². The van der Waals surface area contributed by atoms with E-state index in [0.29, 0.717) is 18.7 Å². The minimum atomic E-state index is -0.0894. The summed E-state index contributed by atoms with van der Waals surface area (Å²) in [4.78, 5) is 14.4. The third kappa shape index (κ3) is 4.68. The van der Waals surface area contributed by atoms with Gasteiger partial charge in [-0.1, -0.05) is 63.6 Å². The van der Waals surface area contributed by atoms with Gasteiger partial charge in [-0.25, -0.2) is 0 Å². The predicted octanol–water partition coefficient (Wildman–Crippen LogP) is 5.20. The van der Waals surface area contributed by atoms with Crippen molar-refractivity contribution in [1.29, 1.82) is 0 Å². The van der Waals surface area contributed by atoms with Crippen LogP contribution in [-0.2, 0) is 6.42 Å². The molecule has 0 bridgehead atoms. The lowest BCUT2D eigenvalue weighted by atomic mass is 10.1. The van der Waals surface area contributed by atoms with Gasteiger partial charge in [0.25, 0.3) is 5.91 Å². The predicted molar refractivity (Wildman–Crippen MR) is 119 cm³/mol. The number of amides is 1. The molecule has 4 rings (SSSR count). The van der Waals surface area contributed by atoms with Crippen LogP contribution in [0.4, 0.5) is 0 Å². The van der Waals surface area contributed by atoms with Gasteiger partial charge >= 0.3 is 0 Å². The Balaban J connectivity index is 1.31. The fraction of sp³-hybridized carbons (Fsp3) is 0.174. The van der Waals surface area contributed by atoms with E-state index < -0.39 is 0 Å². The van der Waals surface area contributed by atoms with Crippen LogP contribution >= 0.6 is 15.9 Å². The first-order chi connectivity index (χ1) is 14.6. The number of carbonyl (C=O) groups is 1. The molecule has 0 aliphatic heterocycles. The Bertz CT molecular complexity index is 1120. The second-order valence-electron chi connectivity index (χ2n) is 7.05. The third-order valence-corrected chi connectivity index (χ3v) is 5.37. The molecule has 0 unspecified atom stereocenters. The molecule has 1 amide bonds. The molecule has 0 atom stereocenters. The highest BCUT2D eigenvalue weighted by molar-refractivity contribution is 9.10. The maximum Gasteiger partial charge on any atom is 0.271 e. The molecule has 0 radical (unpaired) electrons. The van der Waals surface area contributed by atoms with E-state index in [4.69, 9.17) is 4.52 Å². The van der Waals surface area contributed by atoms with Gasteiger partial charge in [-0.05, 0) is 24.6 Å². The third-order valence-electron chi connectivity index (χ3n) is 4.84. The van der Waals surface area contributed by atoms with Crippen molar-refractivity contribution in [2.75, 3.05) is 13.6 Å².